The van der Waals surface area contributed by atoms with E-state index in [1.807, 2.05) is 0 Å². The van der Waals surface area contributed by atoms with E-state index in [2.05, 4.69) is 0 Å². The molecule has 0 radical (unpaired) electrons. The van der Waals surface area contributed by atoms with Crippen molar-refractivity contribution in [2.45, 2.75) is 6.18 Å². The highest BCUT2D eigenvalue weighted by Gasteiger charge is 2.40. The average molecular weight is 290 g/mol. The molecule has 1 aromatic rings. The Labute approximate surface area is 109 Å². The second-order valence-corrected chi connectivity index (χ2v) is 3.72. The lowest BCUT2D eigenvalue weighted by atomic mass is 9.99. The molecular formula is C10Cl2F3N3. The zero-order valence-corrected chi connectivity index (χ0v) is 9.74. The van der Waals surface area contributed by atoms with Crippen molar-refractivity contribution in [2.75, 3.05) is 0 Å². The molecule has 18 heavy (non-hydrogen) atoms. The van der Waals surface area contributed by atoms with Gasteiger partial charge in [0.15, 0.2) is 0 Å². The first-order valence-corrected chi connectivity index (χ1v) is 4.87. The van der Waals surface area contributed by atoms with Crippen LogP contribution in [0.3, 0.4) is 0 Å². The third-order valence-corrected chi connectivity index (χ3v) is 2.75. The lowest BCUT2D eigenvalue weighted by Gasteiger charge is -2.14. The lowest BCUT2D eigenvalue weighted by molar-refractivity contribution is -0.137. The fourth-order valence-corrected chi connectivity index (χ4v) is 1.88. The number of hydrogen-bond acceptors (Lipinski definition) is 3. The summed E-state index contributed by atoms with van der Waals surface area (Å²) in [4.78, 5) is 0. The van der Waals surface area contributed by atoms with Crippen LogP contribution in [0, 0.1) is 34.0 Å². The Morgan fingerprint density at radius 3 is 1.50 bits per heavy atom. The van der Waals surface area contributed by atoms with Gasteiger partial charge in [0.2, 0.25) is 0 Å². The quantitative estimate of drug-likeness (QED) is 0.732. The van der Waals surface area contributed by atoms with Gasteiger partial charge in [0, 0.05) is 0 Å². The zero-order chi connectivity index (χ0) is 14.1. The molecule has 0 atom stereocenters. The van der Waals surface area contributed by atoms with Gasteiger partial charge >= 0.3 is 6.18 Å². The molecule has 1 rings (SSSR count). The van der Waals surface area contributed by atoms with Crippen molar-refractivity contribution < 1.29 is 13.2 Å². The number of nitriles is 3. The molecule has 0 aliphatic carbocycles. The summed E-state index contributed by atoms with van der Waals surface area (Å²) in [5.41, 5.74) is -3.72. The van der Waals surface area contributed by atoms with Gasteiger partial charge in [-0.2, -0.15) is 29.0 Å². The number of halogens is 5. The molecule has 90 valence electrons. The number of rotatable bonds is 0. The zero-order valence-electron chi connectivity index (χ0n) is 8.23. The molecule has 0 unspecified atom stereocenters. The van der Waals surface area contributed by atoms with Gasteiger partial charge in [0.25, 0.3) is 0 Å². The minimum absolute atomic E-state index is 0.547. The summed E-state index contributed by atoms with van der Waals surface area (Å²) >= 11 is 11.0. The summed E-state index contributed by atoms with van der Waals surface area (Å²) in [5.74, 6) is 0. The molecule has 0 aromatic heterocycles. The number of hydrogen-bond donors (Lipinski definition) is 0. The topological polar surface area (TPSA) is 71.4 Å². The summed E-state index contributed by atoms with van der Waals surface area (Å²) < 4.78 is 38.2. The second kappa shape index (κ2) is 4.74. The molecule has 0 aliphatic heterocycles. The van der Waals surface area contributed by atoms with E-state index >= 15 is 0 Å². The van der Waals surface area contributed by atoms with Crippen LogP contribution in [0.25, 0.3) is 0 Å². The Morgan fingerprint density at radius 2 is 1.17 bits per heavy atom. The highest BCUT2D eigenvalue weighted by Crippen LogP contribution is 2.43. The van der Waals surface area contributed by atoms with Gasteiger partial charge in [-0.3, -0.25) is 0 Å². The van der Waals surface area contributed by atoms with Crippen molar-refractivity contribution >= 4 is 23.2 Å². The van der Waals surface area contributed by atoms with Gasteiger partial charge in [-0.05, 0) is 0 Å². The van der Waals surface area contributed by atoms with Crippen LogP contribution in [-0.4, -0.2) is 0 Å². The SMILES string of the molecule is N#Cc1c(Cl)c(C#N)c(C(F)(F)F)c(Cl)c1C#N. The third kappa shape index (κ3) is 2.07. The van der Waals surface area contributed by atoms with Gasteiger partial charge in [0.05, 0.1) is 32.3 Å². The first-order valence-electron chi connectivity index (χ1n) is 4.12. The van der Waals surface area contributed by atoms with Gasteiger partial charge in [0.1, 0.15) is 18.2 Å². The Balaban J connectivity index is 4.00. The van der Waals surface area contributed by atoms with Crippen molar-refractivity contribution in [3.8, 4) is 18.2 Å². The van der Waals surface area contributed by atoms with Crippen LogP contribution in [0.1, 0.15) is 22.3 Å². The van der Waals surface area contributed by atoms with Crippen LogP contribution < -0.4 is 0 Å². The first-order chi connectivity index (χ1) is 8.29. The van der Waals surface area contributed by atoms with Gasteiger partial charge < -0.3 is 0 Å². The van der Waals surface area contributed by atoms with Crippen molar-refractivity contribution in [3.05, 3.63) is 32.3 Å². The summed E-state index contributed by atoms with van der Waals surface area (Å²) in [6, 6.07) is 4.06. The van der Waals surface area contributed by atoms with E-state index in [9.17, 15) is 13.2 Å². The minimum atomic E-state index is -4.95. The number of nitrogens with zero attached hydrogens (tertiary/aromatic N) is 3. The Morgan fingerprint density at radius 1 is 0.778 bits per heavy atom. The maximum absolute atomic E-state index is 12.7. The molecular weight excluding hydrogens is 290 g/mol. The number of benzene rings is 1. The van der Waals surface area contributed by atoms with Crippen molar-refractivity contribution in [3.63, 3.8) is 0 Å². The molecule has 0 spiro atoms. The minimum Gasteiger partial charge on any atom is -0.192 e. The predicted octanol–water partition coefficient (Wildman–Crippen LogP) is 3.63. The van der Waals surface area contributed by atoms with Crippen LogP contribution in [0.15, 0.2) is 0 Å². The van der Waals surface area contributed by atoms with E-state index in [-0.39, 0.29) is 0 Å². The molecule has 1 aromatic carbocycles. The van der Waals surface area contributed by atoms with Gasteiger partial charge in [-0.25, -0.2) is 0 Å². The fourth-order valence-electron chi connectivity index (χ4n) is 1.27. The molecule has 0 heterocycles. The van der Waals surface area contributed by atoms with Crippen molar-refractivity contribution in [1.29, 1.82) is 15.8 Å². The van der Waals surface area contributed by atoms with Crippen molar-refractivity contribution in [2.24, 2.45) is 0 Å². The smallest absolute Gasteiger partial charge is 0.192 e. The summed E-state index contributed by atoms with van der Waals surface area (Å²) in [6.07, 6.45) is -4.95. The molecule has 8 heteroatoms. The average Bonchev–Trinajstić information content (AvgIpc) is 2.28. The monoisotopic (exact) mass is 289 g/mol. The Kier molecular flexibility index (Phi) is 3.72. The van der Waals surface area contributed by atoms with Crippen LogP contribution in [0.5, 0.6) is 0 Å². The van der Waals surface area contributed by atoms with Crippen molar-refractivity contribution in [1.82, 2.24) is 0 Å². The predicted molar refractivity (Wildman–Crippen MR) is 55.6 cm³/mol. The number of alkyl halides is 3. The summed E-state index contributed by atoms with van der Waals surface area (Å²) in [7, 11) is 0. The Hall–Kier alpha value is -1.94. The highest BCUT2D eigenvalue weighted by molar-refractivity contribution is 6.36. The van der Waals surface area contributed by atoms with E-state index in [0.29, 0.717) is 0 Å². The molecule has 0 amide bonds. The Bertz CT molecular complexity index is 645. The lowest BCUT2D eigenvalue weighted by Crippen LogP contribution is -2.11. The molecule has 0 fully saturated rings. The molecule has 0 N–H and O–H groups in total. The maximum Gasteiger partial charge on any atom is 0.419 e. The van der Waals surface area contributed by atoms with Gasteiger partial charge in [-0.15, -0.1) is 0 Å². The van der Waals surface area contributed by atoms with Crippen LogP contribution in [0.2, 0.25) is 10.0 Å². The third-order valence-electron chi connectivity index (χ3n) is 2.00. The van der Waals surface area contributed by atoms with Crippen LogP contribution in [-0.2, 0) is 6.18 Å². The molecule has 3 nitrogen and oxygen atoms in total. The van der Waals surface area contributed by atoms with Crippen LogP contribution >= 0.6 is 23.2 Å². The van der Waals surface area contributed by atoms with Crippen LogP contribution in [0.4, 0.5) is 13.2 Å². The fraction of sp³-hybridized carbons (Fsp3) is 0.100. The standard InChI is InChI=1S/C10Cl2F3N3/c11-8-4(1-16)5(2-17)9(12)7(6(8)3-18)10(13,14)15. The summed E-state index contributed by atoms with van der Waals surface area (Å²) in [5, 5.41) is 24.4. The maximum atomic E-state index is 12.7. The molecule has 0 saturated heterocycles. The summed E-state index contributed by atoms with van der Waals surface area (Å²) in [6.45, 7) is 0. The van der Waals surface area contributed by atoms with E-state index < -0.39 is 38.5 Å². The molecule has 0 aliphatic rings. The van der Waals surface area contributed by atoms with E-state index in [0.717, 1.165) is 0 Å². The second-order valence-electron chi connectivity index (χ2n) is 2.96. The molecule has 0 saturated carbocycles. The van der Waals surface area contributed by atoms with E-state index in [1.165, 1.54) is 18.2 Å². The first kappa shape index (κ1) is 14.1. The van der Waals surface area contributed by atoms with E-state index in [4.69, 9.17) is 39.0 Å². The molecule has 0 bridgehead atoms. The highest BCUT2D eigenvalue weighted by atomic mass is 35.5. The normalized spacial score (nSPS) is 10.3. The van der Waals surface area contributed by atoms with E-state index in [1.54, 1.807) is 0 Å². The largest absolute Gasteiger partial charge is 0.419 e. The van der Waals surface area contributed by atoms with Gasteiger partial charge in [-0.1, -0.05) is 23.2 Å².